The SMILES string of the molecule is CCNc1ncc(C=O)c2cc(C3(C(N)=O)CC3)ncc12. The molecule has 6 heteroatoms. The highest BCUT2D eigenvalue weighted by atomic mass is 16.1. The average Bonchev–Trinajstić information content (AvgIpc) is 3.29. The van der Waals surface area contributed by atoms with Crippen molar-refractivity contribution in [3.05, 3.63) is 29.7 Å². The van der Waals surface area contributed by atoms with Crippen molar-refractivity contribution < 1.29 is 9.59 Å². The molecule has 0 saturated heterocycles. The first kappa shape index (κ1) is 13.5. The number of fused-ring (bicyclic) bond motifs is 1. The minimum atomic E-state index is -0.657. The van der Waals surface area contributed by atoms with E-state index in [1.807, 2.05) is 6.92 Å². The zero-order valence-corrected chi connectivity index (χ0v) is 11.7. The lowest BCUT2D eigenvalue weighted by molar-refractivity contribution is -0.120. The van der Waals surface area contributed by atoms with Gasteiger partial charge in [0.2, 0.25) is 5.91 Å². The number of rotatable bonds is 5. The molecule has 1 saturated carbocycles. The Kier molecular flexibility index (Phi) is 3.08. The lowest BCUT2D eigenvalue weighted by Crippen LogP contribution is -2.29. The van der Waals surface area contributed by atoms with Crippen molar-refractivity contribution in [1.82, 2.24) is 9.97 Å². The van der Waals surface area contributed by atoms with Gasteiger partial charge in [0.05, 0.1) is 11.1 Å². The van der Waals surface area contributed by atoms with Crippen molar-refractivity contribution in [2.24, 2.45) is 5.73 Å². The lowest BCUT2D eigenvalue weighted by atomic mass is 9.98. The normalized spacial score (nSPS) is 15.7. The van der Waals surface area contributed by atoms with Crippen molar-refractivity contribution in [1.29, 1.82) is 0 Å². The third kappa shape index (κ3) is 2.03. The second kappa shape index (κ2) is 4.80. The molecular weight excluding hydrogens is 268 g/mol. The van der Waals surface area contributed by atoms with Gasteiger partial charge in [0.1, 0.15) is 5.82 Å². The van der Waals surface area contributed by atoms with E-state index in [9.17, 15) is 9.59 Å². The number of hydrogen-bond acceptors (Lipinski definition) is 5. The van der Waals surface area contributed by atoms with E-state index in [-0.39, 0.29) is 5.91 Å². The van der Waals surface area contributed by atoms with Crippen LogP contribution in [0, 0.1) is 0 Å². The fourth-order valence-electron chi connectivity index (χ4n) is 2.57. The van der Waals surface area contributed by atoms with Crippen LogP contribution in [0.4, 0.5) is 5.82 Å². The Balaban J connectivity index is 2.21. The molecule has 1 aliphatic rings. The number of nitrogens with one attached hydrogen (secondary N) is 1. The molecular formula is C15H16N4O2. The number of carbonyl (C=O) groups excluding carboxylic acids is 2. The molecule has 21 heavy (non-hydrogen) atoms. The molecule has 2 aromatic rings. The molecule has 2 heterocycles. The second-order valence-corrected chi connectivity index (χ2v) is 5.27. The van der Waals surface area contributed by atoms with Crippen LogP contribution in [0.25, 0.3) is 10.8 Å². The number of anilines is 1. The van der Waals surface area contributed by atoms with Gasteiger partial charge in [0, 0.05) is 35.3 Å². The van der Waals surface area contributed by atoms with E-state index >= 15 is 0 Å². The highest BCUT2D eigenvalue weighted by molar-refractivity contribution is 6.03. The van der Waals surface area contributed by atoms with Gasteiger partial charge in [-0.05, 0) is 25.8 Å². The summed E-state index contributed by atoms with van der Waals surface area (Å²) in [5.74, 6) is 0.323. The van der Waals surface area contributed by atoms with E-state index in [1.165, 1.54) is 6.20 Å². The summed E-state index contributed by atoms with van der Waals surface area (Å²) in [7, 11) is 0. The molecule has 0 spiro atoms. The van der Waals surface area contributed by atoms with Gasteiger partial charge in [-0.25, -0.2) is 4.98 Å². The summed E-state index contributed by atoms with van der Waals surface area (Å²) in [6, 6.07) is 1.79. The summed E-state index contributed by atoms with van der Waals surface area (Å²) in [6.45, 7) is 2.69. The van der Waals surface area contributed by atoms with Crippen molar-refractivity contribution in [2.45, 2.75) is 25.2 Å². The van der Waals surface area contributed by atoms with Crippen molar-refractivity contribution in [2.75, 3.05) is 11.9 Å². The summed E-state index contributed by atoms with van der Waals surface area (Å²) < 4.78 is 0. The number of pyridine rings is 2. The first-order chi connectivity index (χ1) is 10.1. The predicted molar refractivity (Wildman–Crippen MR) is 79.2 cm³/mol. The minimum Gasteiger partial charge on any atom is -0.370 e. The fraction of sp³-hybridized carbons (Fsp3) is 0.333. The van der Waals surface area contributed by atoms with Crippen LogP contribution >= 0.6 is 0 Å². The molecule has 1 amide bonds. The molecule has 108 valence electrons. The Morgan fingerprint density at radius 2 is 2.14 bits per heavy atom. The molecule has 3 rings (SSSR count). The van der Waals surface area contributed by atoms with Gasteiger partial charge in [0.25, 0.3) is 0 Å². The first-order valence-corrected chi connectivity index (χ1v) is 6.90. The molecule has 3 N–H and O–H groups in total. The van der Waals surface area contributed by atoms with Crippen LogP contribution in [0.2, 0.25) is 0 Å². The Morgan fingerprint density at radius 3 is 2.71 bits per heavy atom. The molecule has 6 nitrogen and oxygen atoms in total. The van der Waals surface area contributed by atoms with E-state index in [0.717, 1.165) is 23.6 Å². The van der Waals surface area contributed by atoms with Gasteiger partial charge in [-0.3, -0.25) is 14.6 Å². The molecule has 0 aromatic carbocycles. The van der Waals surface area contributed by atoms with Gasteiger partial charge in [-0.2, -0.15) is 0 Å². The minimum absolute atomic E-state index is 0.358. The number of primary amides is 1. The van der Waals surface area contributed by atoms with E-state index < -0.39 is 5.41 Å². The van der Waals surface area contributed by atoms with Crippen LogP contribution < -0.4 is 11.1 Å². The number of nitrogens with zero attached hydrogens (tertiary/aromatic N) is 2. The van der Waals surface area contributed by atoms with Gasteiger partial charge in [-0.15, -0.1) is 0 Å². The smallest absolute Gasteiger partial charge is 0.229 e. The summed E-state index contributed by atoms with van der Waals surface area (Å²) in [5.41, 5.74) is 5.95. The first-order valence-electron chi connectivity index (χ1n) is 6.90. The Bertz CT molecular complexity index is 738. The number of amides is 1. The zero-order chi connectivity index (χ0) is 15.0. The number of aromatic nitrogens is 2. The van der Waals surface area contributed by atoms with Crippen molar-refractivity contribution in [3.63, 3.8) is 0 Å². The van der Waals surface area contributed by atoms with Crippen molar-refractivity contribution in [3.8, 4) is 0 Å². The third-order valence-corrected chi connectivity index (χ3v) is 3.99. The van der Waals surface area contributed by atoms with Crippen LogP contribution in [-0.4, -0.2) is 28.7 Å². The number of hydrogen-bond donors (Lipinski definition) is 2. The van der Waals surface area contributed by atoms with Crippen LogP contribution in [0.1, 0.15) is 35.8 Å². The van der Waals surface area contributed by atoms with Crippen LogP contribution in [-0.2, 0) is 10.2 Å². The number of carbonyl (C=O) groups is 2. The molecule has 0 bridgehead atoms. The van der Waals surface area contributed by atoms with Crippen LogP contribution in [0.3, 0.4) is 0 Å². The second-order valence-electron chi connectivity index (χ2n) is 5.27. The molecule has 2 aromatic heterocycles. The average molecular weight is 284 g/mol. The molecule has 0 atom stereocenters. The Hall–Kier alpha value is -2.50. The monoisotopic (exact) mass is 284 g/mol. The number of nitrogens with two attached hydrogens (primary N) is 1. The highest BCUT2D eigenvalue weighted by Crippen LogP contribution is 2.47. The zero-order valence-electron chi connectivity index (χ0n) is 11.7. The molecule has 1 aliphatic carbocycles. The quantitative estimate of drug-likeness (QED) is 0.808. The fourth-order valence-corrected chi connectivity index (χ4v) is 2.57. The summed E-state index contributed by atoms with van der Waals surface area (Å²) in [6.07, 6.45) is 5.37. The maximum atomic E-state index is 11.6. The Morgan fingerprint density at radius 1 is 1.38 bits per heavy atom. The molecule has 0 radical (unpaired) electrons. The predicted octanol–water partition coefficient (Wildman–Crippen LogP) is 1.39. The van der Waals surface area contributed by atoms with E-state index in [0.29, 0.717) is 29.9 Å². The van der Waals surface area contributed by atoms with Crippen molar-refractivity contribution >= 4 is 28.8 Å². The van der Waals surface area contributed by atoms with Gasteiger partial charge in [0.15, 0.2) is 6.29 Å². The van der Waals surface area contributed by atoms with Gasteiger partial charge >= 0.3 is 0 Å². The molecule has 0 unspecified atom stereocenters. The van der Waals surface area contributed by atoms with Gasteiger partial charge < -0.3 is 11.1 Å². The Labute approximate surface area is 121 Å². The largest absolute Gasteiger partial charge is 0.370 e. The summed E-state index contributed by atoms with van der Waals surface area (Å²) in [4.78, 5) is 31.5. The van der Waals surface area contributed by atoms with E-state index in [2.05, 4.69) is 15.3 Å². The van der Waals surface area contributed by atoms with Crippen LogP contribution in [0.15, 0.2) is 18.5 Å². The van der Waals surface area contributed by atoms with E-state index in [1.54, 1.807) is 12.3 Å². The standard InChI is InChI=1S/C15H16N4O2/c1-2-17-13-11-7-18-12(15(3-4-15)14(16)21)5-10(11)9(8-20)6-19-13/h5-8H,2-4H2,1H3,(H2,16,21)(H,17,19). The van der Waals surface area contributed by atoms with E-state index in [4.69, 9.17) is 5.73 Å². The number of aldehydes is 1. The maximum absolute atomic E-state index is 11.6. The summed E-state index contributed by atoms with van der Waals surface area (Å²) >= 11 is 0. The molecule has 0 aliphatic heterocycles. The van der Waals surface area contributed by atoms with Crippen LogP contribution in [0.5, 0.6) is 0 Å². The third-order valence-electron chi connectivity index (χ3n) is 3.99. The van der Waals surface area contributed by atoms with Gasteiger partial charge in [-0.1, -0.05) is 0 Å². The molecule has 1 fully saturated rings. The summed E-state index contributed by atoms with van der Waals surface area (Å²) in [5, 5.41) is 4.65. The highest BCUT2D eigenvalue weighted by Gasteiger charge is 2.51. The maximum Gasteiger partial charge on any atom is 0.229 e. The lowest BCUT2D eigenvalue weighted by Gasteiger charge is -2.13. The topological polar surface area (TPSA) is 98.0 Å².